The van der Waals surface area contributed by atoms with Crippen molar-refractivity contribution in [3.8, 4) is 0 Å². The molecule has 1 aliphatic heterocycles. The summed E-state index contributed by atoms with van der Waals surface area (Å²) < 4.78 is 27.0. The number of carbonyl (C=O) groups is 1. The van der Waals surface area contributed by atoms with Gasteiger partial charge < -0.3 is 4.90 Å². The second-order valence-electron chi connectivity index (χ2n) is 5.39. The molecule has 20 heavy (non-hydrogen) atoms. The van der Waals surface area contributed by atoms with E-state index in [1.54, 1.807) is 4.90 Å². The Bertz CT molecular complexity index is 511. The highest BCUT2D eigenvalue weighted by atomic mass is 35.5. The molecule has 1 heterocycles. The van der Waals surface area contributed by atoms with Gasteiger partial charge in [0.2, 0.25) is 0 Å². The van der Waals surface area contributed by atoms with E-state index in [9.17, 15) is 13.6 Å². The fourth-order valence-electron chi connectivity index (χ4n) is 2.55. The average molecular weight is 302 g/mol. The molecule has 0 spiro atoms. The first-order chi connectivity index (χ1) is 9.40. The summed E-state index contributed by atoms with van der Waals surface area (Å²) in [6, 6.07) is 2.05. The molecular weight excluding hydrogens is 284 g/mol. The molecule has 0 aliphatic carbocycles. The van der Waals surface area contributed by atoms with E-state index in [-0.39, 0.29) is 22.4 Å². The molecule has 110 valence electrons. The van der Waals surface area contributed by atoms with Gasteiger partial charge in [-0.2, -0.15) is 0 Å². The van der Waals surface area contributed by atoms with Gasteiger partial charge in [-0.3, -0.25) is 4.79 Å². The summed E-state index contributed by atoms with van der Waals surface area (Å²) >= 11 is 6.06. The van der Waals surface area contributed by atoms with Crippen molar-refractivity contribution in [3.63, 3.8) is 0 Å². The van der Waals surface area contributed by atoms with Gasteiger partial charge in [-0.1, -0.05) is 0 Å². The van der Waals surface area contributed by atoms with Gasteiger partial charge in [-0.25, -0.2) is 8.78 Å². The lowest BCUT2D eigenvalue weighted by Gasteiger charge is -2.33. The number of carbonyl (C=O) groups excluding carboxylic acids is 1. The van der Waals surface area contributed by atoms with Crippen LogP contribution < -0.4 is 0 Å². The smallest absolute Gasteiger partial charge is 0.256 e. The minimum atomic E-state index is -0.800. The molecule has 1 unspecified atom stereocenters. The van der Waals surface area contributed by atoms with E-state index in [0.717, 1.165) is 18.9 Å². The minimum absolute atomic E-state index is 0.0544. The van der Waals surface area contributed by atoms with Crippen LogP contribution in [0.4, 0.5) is 8.78 Å². The van der Waals surface area contributed by atoms with E-state index >= 15 is 0 Å². The van der Waals surface area contributed by atoms with Gasteiger partial charge in [0.05, 0.1) is 5.56 Å². The molecule has 1 atom stereocenters. The third-order valence-corrected chi connectivity index (χ3v) is 4.31. The van der Waals surface area contributed by atoms with Crippen LogP contribution in [0, 0.1) is 24.5 Å². The van der Waals surface area contributed by atoms with Gasteiger partial charge >= 0.3 is 0 Å². The molecule has 2 rings (SSSR count). The highest BCUT2D eigenvalue weighted by Gasteiger charge is 2.27. The van der Waals surface area contributed by atoms with Crippen molar-refractivity contribution in [2.45, 2.75) is 32.1 Å². The van der Waals surface area contributed by atoms with E-state index in [4.69, 9.17) is 11.6 Å². The molecule has 1 amide bonds. The zero-order valence-corrected chi connectivity index (χ0v) is 12.4. The van der Waals surface area contributed by atoms with Gasteiger partial charge in [0.1, 0.15) is 11.6 Å². The largest absolute Gasteiger partial charge is 0.339 e. The van der Waals surface area contributed by atoms with E-state index < -0.39 is 11.6 Å². The number of nitrogens with zero attached hydrogens (tertiary/aromatic N) is 1. The van der Waals surface area contributed by atoms with Gasteiger partial charge in [-0.05, 0) is 44.2 Å². The first-order valence-electron chi connectivity index (χ1n) is 6.79. The Morgan fingerprint density at radius 3 is 2.45 bits per heavy atom. The third kappa shape index (κ3) is 3.11. The molecule has 1 aromatic rings. The van der Waals surface area contributed by atoms with Gasteiger partial charge in [0.25, 0.3) is 5.91 Å². The fourth-order valence-corrected chi connectivity index (χ4v) is 2.81. The molecule has 0 saturated carbocycles. The maximum Gasteiger partial charge on any atom is 0.256 e. The lowest BCUT2D eigenvalue weighted by molar-refractivity contribution is 0.0685. The SMILES string of the molecule is Cc1cc(C(=O)N2CCC(C(C)Cl)CC2)c(F)cc1F. The zero-order chi connectivity index (χ0) is 14.9. The lowest BCUT2D eigenvalue weighted by Crippen LogP contribution is -2.40. The Labute approximate surface area is 122 Å². The fraction of sp³-hybridized carbons (Fsp3) is 0.533. The Morgan fingerprint density at radius 1 is 1.30 bits per heavy atom. The second kappa shape index (κ2) is 6.08. The van der Waals surface area contributed by atoms with E-state index in [1.165, 1.54) is 13.0 Å². The molecule has 1 saturated heterocycles. The molecule has 1 fully saturated rings. The maximum absolute atomic E-state index is 13.7. The zero-order valence-electron chi connectivity index (χ0n) is 11.6. The number of hydrogen-bond donors (Lipinski definition) is 0. The Hall–Kier alpha value is -1.16. The van der Waals surface area contributed by atoms with Crippen LogP contribution in [-0.4, -0.2) is 29.3 Å². The minimum Gasteiger partial charge on any atom is -0.339 e. The van der Waals surface area contributed by atoms with Crippen molar-refractivity contribution in [1.29, 1.82) is 0 Å². The summed E-state index contributed by atoms with van der Waals surface area (Å²) in [4.78, 5) is 13.9. The average Bonchev–Trinajstić information content (AvgIpc) is 2.42. The highest BCUT2D eigenvalue weighted by Crippen LogP contribution is 2.25. The van der Waals surface area contributed by atoms with Crippen molar-refractivity contribution in [2.24, 2.45) is 5.92 Å². The standard InChI is InChI=1S/C15H18ClF2NO/c1-9-7-12(14(18)8-13(9)17)15(20)19-5-3-11(4-6-19)10(2)16/h7-8,10-11H,3-6H2,1-2H3. The monoisotopic (exact) mass is 301 g/mol. The van der Waals surface area contributed by atoms with Gasteiger partial charge in [-0.15, -0.1) is 11.6 Å². The van der Waals surface area contributed by atoms with Crippen molar-refractivity contribution < 1.29 is 13.6 Å². The quantitative estimate of drug-likeness (QED) is 0.762. The normalized spacial score (nSPS) is 18.1. The number of alkyl halides is 1. The van der Waals surface area contributed by atoms with Crippen LogP contribution in [0.5, 0.6) is 0 Å². The molecule has 0 radical (unpaired) electrons. The van der Waals surface area contributed by atoms with Crippen LogP contribution in [0.1, 0.15) is 35.7 Å². The molecule has 1 aliphatic rings. The first-order valence-corrected chi connectivity index (χ1v) is 7.22. The summed E-state index contributed by atoms with van der Waals surface area (Å²) in [6.07, 6.45) is 1.64. The van der Waals surface area contributed by atoms with Crippen LogP contribution >= 0.6 is 11.6 Å². The maximum atomic E-state index is 13.7. The molecule has 5 heteroatoms. The van der Waals surface area contributed by atoms with Crippen molar-refractivity contribution in [1.82, 2.24) is 4.90 Å². The topological polar surface area (TPSA) is 20.3 Å². The summed E-state index contributed by atoms with van der Waals surface area (Å²) in [5.41, 5.74) is 0.222. The summed E-state index contributed by atoms with van der Waals surface area (Å²) in [7, 11) is 0. The summed E-state index contributed by atoms with van der Waals surface area (Å²) in [5.74, 6) is -1.41. The van der Waals surface area contributed by atoms with Gasteiger partial charge in [0.15, 0.2) is 0 Å². The predicted octanol–water partition coefficient (Wildman–Crippen LogP) is 3.75. The van der Waals surface area contributed by atoms with Gasteiger partial charge in [0, 0.05) is 24.5 Å². The van der Waals surface area contributed by atoms with Crippen LogP contribution in [0.25, 0.3) is 0 Å². The number of piperidine rings is 1. The van der Waals surface area contributed by atoms with Crippen LogP contribution in [0.2, 0.25) is 0 Å². The highest BCUT2D eigenvalue weighted by molar-refractivity contribution is 6.20. The van der Waals surface area contributed by atoms with Crippen LogP contribution in [0.3, 0.4) is 0 Å². The molecule has 0 N–H and O–H groups in total. The summed E-state index contributed by atoms with van der Waals surface area (Å²) in [6.45, 7) is 4.60. The molecule has 1 aromatic carbocycles. The van der Waals surface area contributed by atoms with E-state index in [2.05, 4.69) is 0 Å². The van der Waals surface area contributed by atoms with Crippen LogP contribution in [-0.2, 0) is 0 Å². The number of likely N-dealkylation sites (tertiary alicyclic amines) is 1. The second-order valence-corrected chi connectivity index (χ2v) is 6.08. The van der Waals surface area contributed by atoms with Crippen molar-refractivity contribution >= 4 is 17.5 Å². The molecule has 0 bridgehead atoms. The third-order valence-electron chi connectivity index (χ3n) is 3.96. The Morgan fingerprint density at radius 2 is 1.90 bits per heavy atom. The van der Waals surface area contributed by atoms with E-state index in [1.807, 2.05) is 6.92 Å². The number of benzene rings is 1. The predicted molar refractivity (Wildman–Crippen MR) is 75.0 cm³/mol. The number of halogens is 3. The molecule has 0 aromatic heterocycles. The number of rotatable bonds is 2. The number of amides is 1. The van der Waals surface area contributed by atoms with Crippen molar-refractivity contribution in [2.75, 3.05) is 13.1 Å². The number of aryl methyl sites for hydroxylation is 1. The van der Waals surface area contributed by atoms with Crippen LogP contribution in [0.15, 0.2) is 12.1 Å². The first kappa shape index (κ1) is 15.2. The Balaban J connectivity index is 2.11. The van der Waals surface area contributed by atoms with E-state index in [0.29, 0.717) is 19.0 Å². The lowest BCUT2D eigenvalue weighted by atomic mass is 9.93. The van der Waals surface area contributed by atoms with Crippen molar-refractivity contribution in [3.05, 3.63) is 34.9 Å². The Kier molecular flexibility index (Phi) is 4.63. The molecule has 2 nitrogen and oxygen atoms in total. The summed E-state index contributed by atoms with van der Waals surface area (Å²) in [5, 5.41) is 0.0806. The number of hydrogen-bond acceptors (Lipinski definition) is 1. The molecular formula is C15H18ClF2NO.